The van der Waals surface area contributed by atoms with Crippen LogP contribution in [-0.4, -0.2) is 54.0 Å². The lowest BCUT2D eigenvalue weighted by atomic mass is 10.2. The molecule has 1 saturated heterocycles. The Kier molecular flexibility index (Phi) is 4.71. The number of para-hydroxylation sites is 1. The molecule has 1 amide bonds. The van der Waals surface area contributed by atoms with Gasteiger partial charge < -0.3 is 15.1 Å². The molecule has 24 heavy (non-hydrogen) atoms. The number of benzene rings is 1. The Bertz CT molecular complexity index is 744. The minimum absolute atomic E-state index is 0.139. The number of likely N-dealkylation sites (N-methyl/N-ethyl adjacent to an activating group) is 1. The molecule has 0 unspecified atom stereocenters. The molecule has 6 nitrogen and oxygen atoms in total. The normalized spacial score (nSPS) is 15.4. The van der Waals surface area contributed by atoms with Gasteiger partial charge in [-0.15, -0.1) is 0 Å². The van der Waals surface area contributed by atoms with Crippen LogP contribution in [0, 0.1) is 12.7 Å². The average molecular weight is 329 g/mol. The maximum absolute atomic E-state index is 13.7. The minimum Gasteiger partial charge on any atom is -0.354 e. The number of hydrogen-bond donors (Lipinski definition) is 1. The van der Waals surface area contributed by atoms with Gasteiger partial charge in [0.1, 0.15) is 23.2 Å². The highest BCUT2D eigenvalue weighted by Crippen LogP contribution is 2.17. The summed E-state index contributed by atoms with van der Waals surface area (Å²) < 4.78 is 13.7. The van der Waals surface area contributed by atoms with E-state index in [-0.39, 0.29) is 11.4 Å². The van der Waals surface area contributed by atoms with E-state index in [2.05, 4.69) is 32.1 Å². The van der Waals surface area contributed by atoms with E-state index in [9.17, 15) is 9.18 Å². The number of nitrogens with zero attached hydrogens (tertiary/aromatic N) is 4. The fourth-order valence-corrected chi connectivity index (χ4v) is 2.61. The van der Waals surface area contributed by atoms with Crippen molar-refractivity contribution >= 4 is 17.4 Å². The zero-order valence-electron chi connectivity index (χ0n) is 13.8. The van der Waals surface area contributed by atoms with Gasteiger partial charge in [0.05, 0.1) is 5.69 Å². The number of halogens is 1. The fraction of sp³-hybridized carbons (Fsp3) is 0.353. The fourth-order valence-electron chi connectivity index (χ4n) is 2.61. The maximum atomic E-state index is 13.7. The summed E-state index contributed by atoms with van der Waals surface area (Å²) in [6, 6.07) is 7.72. The van der Waals surface area contributed by atoms with E-state index in [1.54, 1.807) is 25.1 Å². The second kappa shape index (κ2) is 6.92. The predicted molar refractivity (Wildman–Crippen MR) is 90.8 cm³/mol. The maximum Gasteiger partial charge on any atom is 0.274 e. The van der Waals surface area contributed by atoms with Gasteiger partial charge >= 0.3 is 0 Å². The molecule has 0 bridgehead atoms. The summed E-state index contributed by atoms with van der Waals surface area (Å²) in [6.07, 6.45) is 0. The van der Waals surface area contributed by atoms with Crippen LogP contribution >= 0.6 is 0 Å². The first-order chi connectivity index (χ1) is 11.5. The lowest BCUT2D eigenvalue weighted by Gasteiger charge is -2.33. The summed E-state index contributed by atoms with van der Waals surface area (Å²) in [7, 11) is 2.08. The molecule has 1 N–H and O–H groups in total. The van der Waals surface area contributed by atoms with Crippen molar-refractivity contribution < 1.29 is 9.18 Å². The first-order valence-electron chi connectivity index (χ1n) is 7.88. The van der Waals surface area contributed by atoms with E-state index in [4.69, 9.17) is 0 Å². The number of hydrogen-bond acceptors (Lipinski definition) is 5. The molecule has 1 aromatic carbocycles. The van der Waals surface area contributed by atoms with E-state index in [1.165, 1.54) is 12.1 Å². The third kappa shape index (κ3) is 3.68. The van der Waals surface area contributed by atoms with Crippen LogP contribution in [0.3, 0.4) is 0 Å². The number of aromatic nitrogens is 2. The zero-order valence-corrected chi connectivity index (χ0v) is 13.8. The molecular formula is C17H20FN5O. The highest BCUT2D eigenvalue weighted by atomic mass is 19.1. The number of carbonyl (C=O) groups is 1. The van der Waals surface area contributed by atoms with Crippen molar-refractivity contribution in [3.05, 3.63) is 47.7 Å². The van der Waals surface area contributed by atoms with Gasteiger partial charge in [-0.25, -0.2) is 14.4 Å². The first-order valence-corrected chi connectivity index (χ1v) is 7.88. The van der Waals surface area contributed by atoms with Crippen molar-refractivity contribution in [1.82, 2.24) is 14.9 Å². The Morgan fingerprint density at radius 3 is 2.58 bits per heavy atom. The Balaban J connectivity index is 1.80. The molecule has 0 radical (unpaired) electrons. The van der Waals surface area contributed by atoms with Crippen molar-refractivity contribution in [2.75, 3.05) is 43.4 Å². The summed E-state index contributed by atoms with van der Waals surface area (Å²) in [5, 5.41) is 2.56. The lowest BCUT2D eigenvalue weighted by Crippen LogP contribution is -2.45. The van der Waals surface area contributed by atoms with Crippen molar-refractivity contribution in [3.8, 4) is 0 Å². The first kappa shape index (κ1) is 16.3. The Morgan fingerprint density at radius 2 is 1.88 bits per heavy atom. The summed E-state index contributed by atoms with van der Waals surface area (Å²) in [6.45, 7) is 5.34. The summed E-state index contributed by atoms with van der Waals surface area (Å²) >= 11 is 0. The van der Waals surface area contributed by atoms with E-state index in [1.807, 2.05) is 0 Å². The topological polar surface area (TPSA) is 61.4 Å². The second-order valence-electron chi connectivity index (χ2n) is 5.88. The summed E-state index contributed by atoms with van der Waals surface area (Å²) in [5.74, 6) is 0.330. The van der Waals surface area contributed by atoms with Gasteiger partial charge in [0.25, 0.3) is 5.91 Å². The smallest absolute Gasteiger partial charge is 0.274 e. The van der Waals surface area contributed by atoms with Crippen molar-refractivity contribution in [3.63, 3.8) is 0 Å². The molecule has 2 aromatic rings. The van der Waals surface area contributed by atoms with Gasteiger partial charge in [-0.05, 0) is 26.1 Å². The second-order valence-corrected chi connectivity index (χ2v) is 5.88. The highest BCUT2D eigenvalue weighted by molar-refractivity contribution is 6.03. The number of rotatable bonds is 3. The van der Waals surface area contributed by atoms with Crippen molar-refractivity contribution in [2.24, 2.45) is 0 Å². The standard InChI is InChI=1S/C17H20FN5O/c1-12-19-15(17(24)21-14-6-4-3-5-13(14)18)11-16(20-12)23-9-7-22(2)8-10-23/h3-6,11H,7-10H2,1-2H3,(H,21,24). The number of nitrogens with one attached hydrogen (secondary N) is 1. The number of aryl methyl sites for hydroxylation is 1. The molecule has 1 fully saturated rings. The largest absolute Gasteiger partial charge is 0.354 e. The molecule has 0 aliphatic carbocycles. The number of amides is 1. The van der Waals surface area contributed by atoms with Crippen LogP contribution in [-0.2, 0) is 0 Å². The van der Waals surface area contributed by atoms with Gasteiger partial charge in [-0.1, -0.05) is 12.1 Å². The van der Waals surface area contributed by atoms with Gasteiger partial charge in [-0.2, -0.15) is 0 Å². The Hall–Kier alpha value is -2.54. The lowest BCUT2D eigenvalue weighted by molar-refractivity contribution is 0.102. The van der Waals surface area contributed by atoms with E-state index < -0.39 is 11.7 Å². The summed E-state index contributed by atoms with van der Waals surface area (Å²) in [4.78, 5) is 25.4. The van der Waals surface area contributed by atoms with Crippen molar-refractivity contribution in [2.45, 2.75) is 6.92 Å². The van der Waals surface area contributed by atoms with Gasteiger partial charge in [0.15, 0.2) is 0 Å². The molecule has 0 saturated carbocycles. The quantitative estimate of drug-likeness (QED) is 0.932. The van der Waals surface area contributed by atoms with E-state index >= 15 is 0 Å². The predicted octanol–water partition coefficient (Wildman–Crippen LogP) is 1.93. The molecule has 1 aliphatic rings. The van der Waals surface area contributed by atoms with Crippen LogP contribution in [0.1, 0.15) is 16.3 Å². The molecular weight excluding hydrogens is 309 g/mol. The SMILES string of the molecule is Cc1nc(C(=O)Nc2ccccc2F)cc(N2CCN(C)CC2)n1. The van der Waals surface area contributed by atoms with Crippen LogP contribution in [0.2, 0.25) is 0 Å². The van der Waals surface area contributed by atoms with Crippen LogP contribution in [0.5, 0.6) is 0 Å². The minimum atomic E-state index is -0.476. The Morgan fingerprint density at radius 1 is 1.17 bits per heavy atom. The van der Waals surface area contributed by atoms with Crippen molar-refractivity contribution in [1.29, 1.82) is 0 Å². The summed E-state index contributed by atoms with van der Waals surface area (Å²) in [5.41, 5.74) is 0.375. The van der Waals surface area contributed by atoms with Gasteiger partial charge in [0.2, 0.25) is 0 Å². The molecule has 0 spiro atoms. The average Bonchev–Trinajstić information content (AvgIpc) is 2.57. The van der Waals surface area contributed by atoms with Crippen LogP contribution in [0.4, 0.5) is 15.9 Å². The van der Waals surface area contributed by atoms with E-state index in [0.717, 1.165) is 32.0 Å². The number of carbonyl (C=O) groups excluding carboxylic acids is 1. The molecule has 1 aromatic heterocycles. The molecule has 1 aliphatic heterocycles. The van der Waals surface area contributed by atoms with Gasteiger partial charge in [0, 0.05) is 32.2 Å². The molecule has 126 valence electrons. The van der Waals surface area contributed by atoms with Crippen LogP contribution in [0.15, 0.2) is 30.3 Å². The highest BCUT2D eigenvalue weighted by Gasteiger charge is 2.19. The Labute approximate surface area is 140 Å². The van der Waals surface area contributed by atoms with E-state index in [0.29, 0.717) is 5.82 Å². The number of piperazine rings is 1. The molecule has 7 heteroatoms. The molecule has 3 rings (SSSR count). The number of anilines is 2. The van der Waals surface area contributed by atoms with Crippen LogP contribution in [0.25, 0.3) is 0 Å². The molecule has 0 atom stereocenters. The molecule has 2 heterocycles. The monoisotopic (exact) mass is 329 g/mol. The van der Waals surface area contributed by atoms with Gasteiger partial charge in [-0.3, -0.25) is 4.79 Å². The zero-order chi connectivity index (χ0) is 17.1. The third-order valence-corrected chi connectivity index (χ3v) is 4.01. The third-order valence-electron chi connectivity index (χ3n) is 4.01. The van der Waals surface area contributed by atoms with Crippen LogP contribution < -0.4 is 10.2 Å².